The molecular weight excluding hydrogens is 302 g/mol. The fraction of sp³-hybridized carbons (Fsp3) is 0. The number of aromatic nitrogens is 2. The summed E-state index contributed by atoms with van der Waals surface area (Å²) in [6.07, 6.45) is 6.05. The highest BCUT2D eigenvalue weighted by atomic mass is 16.1. The minimum absolute atomic E-state index is 0.0961. The zero-order valence-electron chi connectivity index (χ0n) is 12.8. The van der Waals surface area contributed by atoms with Crippen molar-refractivity contribution in [1.29, 1.82) is 5.26 Å². The van der Waals surface area contributed by atoms with E-state index < -0.39 is 0 Å². The number of hydrogen-bond acceptors (Lipinski definition) is 6. The number of carbonyl (C=O) groups is 1. The average molecular weight is 317 g/mol. The van der Waals surface area contributed by atoms with Crippen LogP contribution in [0.5, 0.6) is 0 Å². The fourth-order valence-corrected chi connectivity index (χ4v) is 1.84. The lowest BCUT2D eigenvalue weighted by Crippen LogP contribution is -2.05. The van der Waals surface area contributed by atoms with Gasteiger partial charge in [0, 0.05) is 36.0 Å². The Balaban J connectivity index is 0.000000198. The highest BCUT2D eigenvalue weighted by molar-refractivity contribution is 6.11. The second-order valence-corrected chi connectivity index (χ2v) is 4.73. The van der Waals surface area contributed by atoms with Gasteiger partial charge in [-0.15, -0.1) is 0 Å². The van der Waals surface area contributed by atoms with Gasteiger partial charge in [0.1, 0.15) is 6.07 Å². The molecule has 2 heterocycles. The largest absolute Gasteiger partial charge is 0.398 e. The first-order valence-electron chi connectivity index (χ1n) is 7.02. The third kappa shape index (κ3) is 4.15. The molecule has 1 aromatic carbocycles. The number of hydrogen-bond donors (Lipinski definition) is 2. The molecule has 3 aromatic rings. The van der Waals surface area contributed by atoms with Crippen LogP contribution in [0.25, 0.3) is 0 Å². The molecule has 0 spiro atoms. The number of anilines is 2. The zero-order chi connectivity index (χ0) is 17.4. The number of nitrogens with two attached hydrogens (primary N) is 2. The molecule has 6 heteroatoms. The molecule has 0 saturated heterocycles. The Hall–Kier alpha value is -3.72. The summed E-state index contributed by atoms with van der Waals surface area (Å²) < 4.78 is 0. The fourth-order valence-electron chi connectivity index (χ4n) is 1.84. The van der Waals surface area contributed by atoms with Crippen LogP contribution in [0, 0.1) is 11.3 Å². The molecule has 0 radical (unpaired) electrons. The summed E-state index contributed by atoms with van der Waals surface area (Å²) >= 11 is 0. The van der Waals surface area contributed by atoms with E-state index in [0.717, 1.165) is 0 Å². The Bertz CT molecular complexity index is 872. The van der Waals surface area contributed by atoms with Gasteiger partial charge in [-0.05, 0) is 12.1 Å². The molecule has 0 fully saturated rings. The number of nitrogens with zero attached hydrogens (tertiary/aromatic N) is 3. The maximum absolute atomic E-state index is 11.9. The Kier molecular flexibility index (Phi) is 5.59. The molecule has 4 N–H and O–H groups in total. The maximum Gasteiger partial charge on any atom is 0.196 e. The standard InChI is InChI=1S/C12H10N2O.C6H5N3/c13-11-6-7-14-8-10(11)12(15)9-4-2-1-3-5-9;7-3-5-4-9-2-1-6(5)8/h1-8H,(H2,13,14);1-2,4H,(H2,8,9). The van der Waals surface area contributed by atoms with Gasteiger partial charge in [-0.3, -0.25) is 14.8 Å². The number of benzene rings is 1. The molecule has 0 aliphatic heterocycles. The van der Waals surface area contributed by atoms with E-state index in [1.165, 1.54) is 12.4 Å². The second kappa shape index (κ2) is 8.06. The van der Waals surface area contributed by atoms with Gasteiger partial charge in [0.05, 0.1) is 16.8 Å². The average Bonchev–Trinajstić information content (AvgIpc) is 2.63. The van der Waals surface area contributed by atoms with E-state index in [4.69, 9.17) is 16.7 Å². The first kappa shape index (κ1) is 16.6. The van der Waals surface area contributed by atoms with Crippen LogP contribution in [0.2, 0.25) is 0 Å². The monoisotopic (exact) mass is 317 g/mol. The smallest absolute Gasteiger partial charge is 0.196 e. The summed E-state index contributed by atoms with van der Waals surface area (Å²) in [5, 5.41) is 8.35. The first-order valence-corrected chi connectivity index (χ1v) is 7.02. The van der Waals surface area contributed by atoms with Crippen molar-refractivity contribution in [3.8, 4) is 6.07 Å². The molecule has 0 aliphatic rings. The van der Waals surface area contributed by atoms with Crippen molar-refractivity contribution in [3.05, 3.63) is 83.9 Å². The van der Waals surface area contributed by atoms with Crippen LogP contribution in [0.15, 0.2) is 67.3 Å². The molecule has 0 amide bonds. The van der Waals surface area contributed by atoms with Crippen LogP contribution in [0.4, 0.5) is 11.4 Å². The van der Waals surface area contributed by atoms with Crippen molar-refractivity contribution >= 4 is 17.2 Å². The van der Waals surface area contributed by atoms with Crippen LogP contribution >= 0.6 is 0 Å². The Morgan fingerprint density at radius 3 is 2.08 bits per heavy atom. The van der Waals surface area contributed by atoms with Gasteiger partial charge < -0.3 is 11.5 Å². The number of pyridine rings is 2. The van der Waals surface area contributed by atoms with Crippen LogP contribution in [0.1, 0.15) is 21.5 Å². The zero-order valence-corrected chi connectivity index (χ0v) is 12.8. The van der Waals surface area contributed by atoms with Crippen molar-refractivity contribution in [2.24, 2.45) is 0 Å². The summed E-state index contributed by atoms with van der Waals surface area (Å²) in [7, 11) is 0. The quantitative estimate of drug-likeness (QED) is 0.701. The van der Waals surface area contributed by atoms with E-state index in [-0.39, 0.29) is 5.78 Å². The molecule has 0 aliphatic carbocycles. The summed E-state index contributed by atoms with van der Waals surface area (Å²) in [6.45, 7) is 0. The van der Waals surface area contributed by atoms with Gasteiger partial charge in [-0.25, -0.2) is 0 Å². The molecule has 0 saturated carbocycles. The van der Waals surface area contributed by atoms with Crippen LogP contribution in [-0.4, -0.2) is 15.8 Å². The van der Waals surface area contributed by atoms with E-state index in [9.17, 15) is 4.79 Å². The third-order valence-electron chi connectivity index (χ3n) is 3.11. The van der Waals surface area contributed by atoms with Crippen LogP contribution in [0.3, 0.4) is 0 Å². The SMILES string of the molecule is N#Cc1cnccc1N.Nc1ccncc1C(=O)c1ccccc1. The van der Waals surface area contributed by atoms with E-state index in [1.807, 2.05) is 24.3 Å². The molecule has 3 rings (SSSR count). The highest BCUT2D eigenvalue weighted by Crippen LogP contribution is 2.14. The van der Waals surface area contributed by atoms with E-state index >= 15 is 0 Å². The summed E-state index contributed by atoms with van der Waals surface area (Å²) in [4.78, 5) is 19.6. The summed E-state index contributed by atoms with van der Waals surface area (Å²) in [6, 6.07) is 14.1. The first-order chi connectivity index (χ1) is 11.6. The Labute approximate surface area is 139 Å². The second-order valence-electron chi connectivity index (χ2n) is 4.73. The summed E-state index contributed by atoms with van der Waals surface area (Å²) in [5.74, 6) is -0.0961. The number of nitrogen functional groups attached to an aromatic ring is 2. The number of nitriles is 1. The topological polar surface area (TPSA) is 119 Å². The normalized spacial score (nSPS) is 9.29. The van der Waals surface area contributed by atoms with Gasteiger partial charge in [-0.2, -0.15) is 5.26 Å². The minimum Gasteiger partial charge on any atom is -0.398 e. The van der Waals surface area contributed by atoms with Crippen molar-refractivity contribution in [2.75, 3.05) is 11.5 Å². The van der Waals surface area contributed by atoms with Crippen molar-refractivity contribution < 1.29 is 4.79 Å². The molecule has 0 bridgehead atoms. The Morgan fingerprint density at radius 1 is 0.917 bits per heavy atom. The predicted octanol–water partition coefficient (Wildman–Crippen LogP) is 2.43. The number of rotatable bonds is 2. The van der Waals surface area contributed by atoms with Gasteiger partial charge in [0.25, 0.3) is 0 Å². The van der Waals surface area contributed by atoms with Crippen LogP contribution < -0.4 is 11.5 Å². The lowest BCUT2D eigenvalue weighted by atomic mass is 10.0. The van der Waals surface area contributed by atoms with Gasteiger partial charge >= 0.3 is 0 Å². The molecule has 24 heavy (non-hydrogen) atoms. The predicted molar refractivity (Wildman–Crippen MR) is 91.9 cm³/mol. The molecular formula is C18H15N5O. The molecule has 0 atom stereocenters. The molecule has 0 unspecified atom stereocenters. The van der Waals surface area contributed by atoms with Gasteiger partial charge in [-0.1, -0.05) is 30.3 Å². The number of carbonyl (C=O) groups excluding carboxylic acids is 1. The van der Waals surface area contributed by atoms with Gasteiger partial charge in [0.15, 0.2) is 5.78 Å². The molecule has 6 nitrogen and oxygen atoms in total. The van der Waals surface area contributed by atoms with E-state index in [2.05, 4.69) is 9.97 Å². The lowest BCUT2D eigenvalue weighted by molar-refractivity contribution is 0.103. The van der Waals surface area contributed by atoms with Crippen molar-refractivity contribution in [1.82, 2.24) is 9.97 Å². The lowest BCUT2D eigenvalue weighted by Gasteiger charge is -2.03. The summed E-state index contributed by atoms with van der Waals surface area (Å²) in [5.41, 5.74) is 13.5. The van der Waals surface area contributed by atoms with Crippen molar-refractivity contribution in [2.45, 2.75) is 0 Å². The van der Waals surface area contributed by atoms with E-state index in [1.54, 1.807) is 36.7 Å². The highest BCUT2D eigenvalue weighted by Gasteiger charge is 2.11. The molecule has 2 aromatic heterocycles. The number of ketones is 1. The minimum atomic E-state index is -0.0961. The van der Waals surface area contributed by atoms with Gasteiger partial charge in [0.2, 0.25) is 0 Å². The molecule has 118 valence electrons. The Morgan fingerprint density at radius 2 is 1.54 bits per heavy atom. The van der Waals surface area contributed by atoms with Crippen LogP contribution in [-0.2, 0) is 0 Å². The van der Waals surface area contributed by atoms with E-state index in [0.29, 0.717) is 28.1 Å². The third-order valence-corrected chi connectivity index (χ3v) is 3.11. The maximum atomic E-state index is 11.9. The van der Waals surface area contributed by atoms with Crippen molar-refractivity contribution in [3.63, 3.8) is 0 Å².